The summed E-state index contributed by atoms with van der Waals surface area (Å²) in [6.45, 7) is 6.48. The summed E-state index contributed by atoms with van der Waals surface area (Å²) < 4.78 is 5.36. The number of likely N-dealkylation sites (tertiary alicyclic amines) is 1. The van der Waals surface area contributed by atoms with E-state index in [1.807, 2.05) is 20.8 Å². The fraction of sp³-hybridized carbons (Fsp3) is 0.600. The third-order valence-electron chi connectivity index (χ3n) is 3.66. The average Bonchev–Trinajstić information content (AvgIpc) is 2.94. The van der Waals surface area contributed by atoms with Crippen LogP contribution in [0.5, 0.6) is 0 Å². The number of hydrogen-bond donors (Lipinski definition) is 0. The lowest BCUT2D eigenvalue weighted by Gasteiger charge is -2.27. The molecule has 1 aliphatic heterocycles. The fourth-order valence-electron chi connectivity index (χ4n) is 2.53. The maximum absolute atomic E-state index is 12.1. The summed E-state index contributed by atoms with van der Waals surface area (Å²) in [7, 11) is 1.76. The van der Waals surface area contributed by atoms with E-state index in [2.05, 4.69) is 4.98 Å². The van der Waals surface area contributed by atoms with Gasteiger partial charge in [0, 0.05) is 38.4 Å². The van der Waals surface area contributed by atoms with Crippen LogP contribution >= 0.6 is 0 Å². The maximum atomic E-state index is 12.1. The highest BCUT2D eigenvalue weighted by atomic mass is 16.6. The molecule has 0 aliphatic carbocycles. The maximum Gasteiger partial charge on any atom is 0.410 e. The summed E-state index contributed by atoms with van der Waals surface area (Å²) >= 11 is 0. The van der Waals surface area contributed by atoms with E-state index < -0.39 is 10.5 Å². The van der Waals surface area contributed by atoms with Gasteiger partial charge in [-0.15, -0.1) is 0 Å². The predicted octanol–water partition coefficient (Wildman–Crippen LogP) is 2.44. The lowest BCUT2D eigenvalue weighted by molar-refractivity contribution is -0.384. The zero-order valence-corrected chi connectivity index (χ0v) is 13.9. The highest BCUT2D eigenvalue weighted by Crippen LogP contribution is 2.28. The molecule has 1 aromatic heterocycles. The number of amides is 1. The van der Waals surface area contributed by atoms with E-state index in [-0.39, 0.29) is 17.8 Å². The lowest BCUT2D eigenvalue weighted by atomic mass is 10.2. The number of ether oxygens (including phenoxy) is 1. The van der Waals surface area contributed by atoms with Crippen molar-refractivity contribution < 1.29 is 14.5 Å². The van der Waals surface area contributed by atoms with Gasteiger partial charge in [0.05, 0.1) is 4.92 Å². The minimum Gasteiger partial charge on any atom is -0.444 e. The van der Waals surface area contributed by atoms with Gasteiger partial charge in [0.15, 0.2) is 0 Å². The Morgan fingerprint density at radius 2 is 2.22 bits per heavy atom. The molecular weight excluding hydrogens is 300 g/mol. The van der Waals surface area contributed by atoms with Crippen LogP contribution in [0.25, 0.3) is 0 Å². The summed E-state index contributed by atoms with van der Waals surface area (Å²) in [5.74, 6) is 0.313. The Bertz CT molecular complexity index is 599. The number of nitro groups is 1. The molecule has 1 aromatic rings. The summed E-state index contributed by atoms with van der Waals surface area (Å²) in [6.07, 6.45) is 1.88. The third kappa shape index (κ3) is 4.08. The predicted molar refractivity (Wildman–Crippen MR) is 85.5 cm³/mol. The van der Waals surface area contributed by atoms with E-state index >= 15 is 0 Å². The Morgan fingerprint density at radius 1 is 1.52 bits per heavy atom. The van der Waals surface area contributed by atoms with Crippen LogP contribution in [0.15, 0.2) is 18.3 Å². The molecule has 8 nitrogen and oxygen atoms in total. The fourth-order valence-corrected chi connectivity index (χ4v) is 2.53. The van der Waals surface area contributed by atoms with Gasteiger partial charge in [0.2, 0.25) is 5.82 Å². The molecule has 126 valence electrons. The molecule has 0 N–H and O–H groups in total. The topological polar surface area (TPSA) is 88.8 Å². The van der Waals surface area contributed by atoms with Gasteiger partial charge in [-0.2, -0.15) is 0 Å². The summed E-state index contributed by atoms with van der Waals surface area (Å²) in [4.78, 5) is 30.3. The van der Waals surface area contributed by atoms with Gasteiger partial charge in [-0.25, -0.2) is 9.78 Å². The second-order valence-corrected chi connectivity index (χ2v) is 6.58. The molecule has 8 heteroatoms. The van der Waals surface area contributed by atoms with E-state index in [0.29, 0.717) is 25.3 Å². The molecule has 23 heavy (non-hydrogen) atoms. The molecule has 2 heterocycles. The Kier molecular flexibility index (Phi) is 4.72. The van der Waals surface area contributed by atoms with Gasteiger partial charge in [0.25, 0.3) is 0 Å². The number of hydrogen-bond acceptors (Lipinski definition) is 6. The third-order valence-corrected chi connectivity index (χ3v) is 3.66. The summed E-state index contributed by atoms with van der Waals surface area (Å²) in [6, 6.07) is 2.94. The van der Waals surface area contributed by atoms with E-state index in [4.69, 9.17) is 4.74 Å². The highest BCUT2D eigenvalue weighted by molar-refractivity contribution is 5.69. The van der Waals surface area contributed by atoms with Crippen LogP contribution in [-0.2, 0) is 4.74 Å². The molecule has 0 radical (unpaired) electrons. The Morgan fingerprint density at radius 3 is 2.83 bits per heavy atom. The van der Waals surface area contributed by atoms with Crippen LogP contribution in [0.3, 0.4) is 0 Å². The van der Waals surface area contributed by atoms with Crippen LogP contribution in [0.2, 0.25) is 0 Å². The number of rotatable bonds is 3. The van der Waals surface area contributed by atoms with E-state index in [1.165, 1.54) is 18.3 Å². The Labute approximate surface area is 135 Å². The number of likely N-dealkylation sites (N-methyl/N-ethyl adjacent to an activating group) is 1. The van der Waals surface area contributed by atoms with Gasteiger partial charge in [-0.05, 0) is 33.3 Å². The number of carbonyl (C=O) groups is 1. The van der Waals surface area contributed by atoms with Crippen LogP contribution < -0.4 is 4.90 Å². The molecule has 1 fully saturated rings. The zero-order chi connectivity index (χ0) is 17.2. The molecule has 0 saturated carbocycles. The van der Waals surface area contributed by atoms with E-state index in [1.54, 1.807) is 16.8 Å². The number of pyridine rings is 1. The molecule has 0 unspecified atom stereocenters. The molecule has 0 spiro atoms. The second kappa shape index (κ2) is 6.39. The monoisotopic (exact) mass is 322 g/mol. The van der Waals surface area contributed by atoms with Gasteiger partial charge in [-0.1, -0.05) is 0 Å². The minimum absolute atomic E-state index is 0.0314. The summed E-state index contributed by atoms with van der Waals surface area (Å²) in [5.41, 5.74) is -0.577. The number of carbonyl (C=O) groups excluding carboxylic acids is 1. The molecule has 0 aromatic carbocycles. The molecule has 1 amide bonds. The lowest BCUT2D eigenvalue weighted by Crippen LogP contribution is -2.39. The first-order valence-electron chi connectivity index (χ1n) is 7.49. The molecular formula is C15H22N4O4. The first kappa shape index (κ1) is 17.0. The van der Waals surface area contributed by atoms with Crippen molar-refractivity contribution in [3.63, 3.8) is 0 Å². The van der Waals surface area contributed by atoms with E-state index in [0.717, 1.165) is 0 Å². The largest absolute Gasteiger partial charge is 0.444 e. The van der Waals surface area contributed by atoms with Crippen LogP contribution in [-0.4, -0.2) is 52.7 Å². The van der Waals surface area contributed by atoms with Gasteiger partial charge in [-0.3, -0.25) is 10.1 Å². The van der Waals surface area contributed by atoms with Crippen LogP contribution in [0.1, 0.15) is 27.2 Å². The Hall–Kier alpha value is -2.38. The zero-order valence-electron chi connectivity index (χ0n) is 13.9. The quantitative estimate of drug-likeness (QED) is 0.627. The van der Waals surface area contributed by atoms with Gasteiger partial charge < -0.3 is 14.5 Å². The number of aromatic nitrogens is 1. The van der Waals surface area contributed by atoms with Crippen molar-refractivity contribution in [3.05, 3.63) is 28.4 Å². The summed E-state index contributed by atoms with van der Waals surface area (Å²) in [5, 5.41) is 11.1. The smallest absolute Gasteiger partial charge is 0.410 e. The van der Waals surface area contributed by atoms with E-state index in [9.17, 15) is 14.9 Å². The van der Waals surface area contributed by atoms with Crippen molar-refractivity contribution in [1.29, 1.82) is 0 Å². The first-order chi connectivity index (χ1) is 10.7. The van der Waals surface area contributed by atoms with Crippen LogP contribution in [0, 0.1) is 10.1 Å². The van der Waals surface area contributed by atoms with Gasteiger partial charge in [0.1, 0.15) is 5.60 Å². The van der Waals surface area contributed by atoms with Crippen molar-refractivity contribution in [2.45, 2.75) is 38.8 Å². The SMILES string of the molecule is CN(c1ncccc1[N+](=O)[O-])[C@@H]1CCN(C(=O)OC(C)(C)C)C1. The second-order valence-electron chi connectivity index (χ2n) is 6.58. The Balaban J connectivity index is 2.07. The van der Waals surface area contributed by atoms with Crippen molar-refractivity contribution in [1.82, 2.24) is 9.88 Å². The normalized spacial score (nSPS) is 17.9. The molecule has 0 bridgehead atoms. The molecule has 2 rings (SSSR count). The number of nitrogens with zero attached hydrogens (tertiary/aromatic N) is 4. The van der Waals surface area contributed by atoms with Gasteiger partial charge >= 0.3 is 11.8 Å². The van der Waals surface area contributed by atoms with Crippen molar-refractivity contribution in [2.75, 3.05) is 25.0 Å². The number of anilines is 1. The minimum atomic E-state index is -0.541. The van der Waals surface area contributed by atoms with Crippen molar-refractivity contribution >= 4 is 17.6 Å². The molecule has 1 aliphatic rings. The standard InChI is InChI=1S/C15H22N4O4/c1-15(2,3)23-14(20)18-9-7-11(10-18)17(4)13-12(19(21)22)6-5-8-16-13/h5-6,8,11H,7,9-10H2,1-4H3/t11-/m1/s1. The average molecular weight is 322 g/mol. The van der Waals surface area contributed by atoms with Crippen molar-refractivity contribution in [2.24, 2.45) is 0 Å². The molecule has 1 saturated heterocycles. The van der Waals surface area contributed by atoms with Crippen LogP contribution in [0.4, 0.5) is 16.3 Å². The first-order valence-corrected chi connectivity index (χ1v) is 7.49. The van der Waals surface area contributed by atoms with Crippen molar-refractivity contribution in [3.8, 4) is 0 Å². The highest BCUT2D eigenvalue weighted by Gasteiger charge is 2.33. The molecule has 1 atom stereocenters.